The molecule has 3 aromatic heterocycles. The minimum atomic E-state index is -0.785. The third kappa shape index (κ3) is 15.8. The van der Waals surface area contributed by atoms with Crippen LogP contribution in [0.4, 0.5) is 17.3 Å². The highest BCUT2D eigenvalue weighted by molar-refractivity contribution is 7.13. The molecular formula is C58H71N11O7S. The second-order valence-electron chi connectivity index (χ2n) is 20.6. The van der Waals surface area contributed by atoms with E-state index in [-0.39, 0.29) is 36.6 Å². The Morgan fingerprint density at radius 3 is 2.31 bits per heavy atom. The predicted molar refractivity (Wildman–Crippen MR) is 298 cm³/mol. The molecule has 2 aliphatic heterocycles. The van der Waals surface area contributed by atoms with Gasteiger partial charge in [0, 0.05) is 99.9 Å². The third-order valence-electron chi connectivity index (χ3n) is 13.8. The lowest BCUT2D eigenvalue weighted by molar-refractivity contribution is -0.142. The van der Waals surface area contributed by atoms with Gasteiger partial charge in [0.05, 0.1) is 60.2 Å². The largest absolute Gasteiger partial charge is 0.391 e. The van der Waals surface area contributed by atoms with E-state index in [1.165, 1.54) is 4.90 Å². The van der Waals surface area contributed by atoms with Crippen molar-refractivity contribution in [3.8, 4) is 21.7 Å². The highest BCUT2D eigenvalue weighted by Gasteiger charge is 2.43. The molecule has 3 aromatic carbocycles. The smallest absolute Gasteiger partial charge is 0.255 e. The van der Waals surface area contributed by atoms with Gasteiger partial charge in [-0.15, -0.1) is 11.3 Å². The number of amides is 4. The van der Waals surface area contributed by atoms with Crippen molar-refractivity contribution in [2.24, 2.45) is 5.41 Å². The zero-order valence-electron chi connectivity index (χ0n) is 44.7. The van der Waals surface area contributed by atoms with Gasteiger partial charge in [-0.05, 0) is 96.9 Å². The molecule has 18 nitrogen and oxygen atoms in total. The molecule has 2 saturated heterocycles. The lowest BCUT2D eigenvalue weighted by Gasteiger charge is -2.35. The van der Waals surface area contributed by atoms with Crippen LogP contribution in [0.15, 0.2) is 109 Å². The van der Waals surface area contributed by atoms with Crippen molar-refractivity contribution < 1.29 is 33.8 Å². The number of piperazine rings is 1. The first-order valence-electron chi connectivity index (χ1n) is 26.3. The Balaban J connectivity index is 0.676. The molecule has 6 aromatic rings. The van der Waals surface area contributed by atoms with Crippen LogP contribution in [0.3, 0.4) is 0 Å². The Hall–Kier alpha value is -7.00. The zero-order chi connectivity index (χ0) is 54.3. The number of benzene rings is 3. The molecule has 4 amide bonds. The zero-order valence-corrected chi connectivity index (χ0v) is 45.5. The summed E-state index contributed by atoms with van der Waals surface area (Å²) >= 11 is 1.59. The normalized spacial score (nSPS) is 16.3. The highest BCUT2D eigenvalue weighted by Crippen LogP contribution is 2.29. The van der Waals surface area contributed by atoms with E-state index in [4.69, 9.17) is 9.47 Å². The molecule has 77 heavy (non-hydrogen) atoms. The molecule has 2 fully saturated rings. The Morgan fingerprint density at radius 2 is 1.60 bits per heavy atom. The van der Waals surface area contributed by atoms with E-state index in [0.29, 0.717) is 89.2 Å². The SMILES string of the molecule is Cc1ccc(NC(=O)c2ccc(CN3CCN(C(=O)CCOCCOCCCN[C@H](C(=O)N4C[C@H](O)C[C@H]4C(=O)NCc4ccc(-c5scnc5C)cc4)C(C)(C)C)CC3)cc2)cc1Nc1nccc(-c2cccnc2)n1. The molecule has 0 unspecified atom stereocenters. The topological polar surface area (TPSA) is 216 Å². The van der Waals surface area contributed by atoms with Crippen molar-refractivity contribution in [1.29, 1.82) is 0 Å². The number of hydrogen-bond donors (Lipinski definition) is 5. The molecular weight excluding hydrogens is 995 g/mol. The van der Waals surface area contributed by atoms with Gasteiger partial charge in [-0.3, -0.25) is 29.1 Å². The summed E-state index contributed by atoms with van der Waals surface area (Å²) in [5.41, 5.74) is 10.0. The monoisotopic (exact) mass is 1070 g/mol. The number of carbonyl (C=O) groups is 4. The molecule has 0 radical (unpaired) electrons. The van der Waals surface area contributed by atoms with Gasteiger partial charge in [0.25, 0.3) is 5.91 Å². The Kier molecular flexibility index (Phi) is 19.6. The third-order valence-corrected chi connectivity index (χ3v) is 14.7. The van der Waals surface area contributed by atoms with E-state index in [1.54, 1.807) is 29.9 Å². The van der Waals surface area contributed by atoms with Crippen molar-refractivity contribution in [2.45, 2.75) is 85.2 Å². The number of likely N-dealkylation sites (tertiary alicyclic amines) is 1. The maximum Gasteiger partial charge on any atom is 0.255 e. The number of aromatic nitrogens is 4. The Morgan fingerprint density at radius 1 is 0.844 bits per heavy atom. The number of aliphatic hydroxyl groups is 1. The molecule has 0 aliphatic carbocycles. The number of β-amino-alcohol motifs (C(OH)–C–C–N with tert-alkyl or cyclic N) is 1. The van der Waals surface area contributed by atoms with Crippen LogP contribution in [0.25, 0.3) is 21.7 Å². The number of hydrogen-bond acceptors (Lipinski definition) is 15. The van der Waals surface area contributed by atoms with Crippen LogP contribution in [-0.4, -0.2) is 147 Å². The molecule has 5 heterocycles. The minimum Gasteiger partial charge on any atom is -0.391 e. The van der Waals surface area contributed by atoms with Crippen molar-refractivity contribution >= 4 is 52.3 Å². The standard InChI is InChI=1S/C58H71N11O7S/c1-39-9-18-46(32-49(39)66-57-61-23-19-48(65-57)45-8-6-21-59-35-45)64-54(72)44-16-12-42(13-17-44)36-67-24-26-68(27-25-67)51(71)20-29-76-31-30-75-28-7-22-60-53(58(3,4)5)56(74)69-37-47(70)33-50(69)55(73)62-34-41-10-14-43(15-11-41)52-40(2)63-38-77-52/h6,8-19,21,23,32,35,38,47,50,53,60,70H,7,20,22,24-31,33-34,36-37H2,1-5H3,(H,62,73)(H,64,72)(H,61,65,66)/t47-,50+,53-/m1/s1. The molecule has 8 rings (SSSR count). The van der Waals surface area contributed by atoms with Gasteiger partial charge in [-0.2, -0.15) is 0 Å². The molecule has 0 bridgehead atoms. The number of anilines is 3. The number of thiazole rings is 1. The lowest BCUT2D eigenvalue weighted by Crippen LogP contribution is -2.56. The highest BCUT2D eigenvalue weighted by atomic mass is 32.1. The van der Waals surface area contributed by atoms with E-state index in [9.17, 15) is 24.3 Å². The van der Waals surface area contributed by atoms with E-state index in [1.807, 2.05) is 130 Å². The Bertz CT molecular complexity index is 2910. The fraction of sp³-hybridized carbons (Fsp3) is 0.414. The molecule has 0 saturated carbocycles. The summed E-state index contributed by atoms with van der Waals surface area (Å²) in [6, 6.07) is 25.6. The maximum absolute atomic E-state index is 14.0. The molecule has 0 spiro atoms. The van der Waals surface area contributed by atoms with Crippen LogP contribution in [0.1, 0.15) is 72.8 Å². The van der Waals surface area contributed by atoms with Gasteiger partial charge < -0.3 is 45.6 Å². The molecule has 19 heteroatoms. The second kappa shape index (κ2) is 26.9. The summed E-state index contributed by atoms with van der Waals surface area (Å²) in [4.78, 5) is 78.1. The molecule has 406 valence electrons. The summed E-state index contributed by atoms with van der Waals surface area (Å²) < 4.78 is 11.5. The van der Waals surface area contributed by atoms with Gasteiger partial charge in [-0.1, -0.05) is 63.2 Å². The summed E-state index contributed by atoms with van der Waals surface area (Å²) in [5, 5.41) is 23.3. The Labute approximate surface area is 455 Å². The van der Waals surface area contributed by atoms with Crippen molar-refractivity contribution in [1.82, 2.24) is 45.3 Å². The fourth-order valence-corrected chi connectivity index (χ4v) is 10.2. The lowest BCUT2D eigenvalue weighted by atomic mass is 9.85. The number of pyridine rings is 1. The second-order valence-corrected chi connectivity index (χ2v) is 21.5. The van der Waals surface area contributed by atoms with Gasteiger partial charge in [0.2, 0.25) is 23.7 Å². The van der Waals surface area contributed by atoms with Crippen molar-refractivity contribution in [3.63, 3.8) is 0 Å². The average Bonchev–Trinajstić information content (AvgIpc) is 4.07. The average molecular weight is 1070 g/mol. The first-order valence-corrected chi connectivity index (χ1v) is 27.2. The minimum absolute atomic E-state index is 0.0642. The quantitative estimate of drug-likeness (QED) is 0.0408. The number of aryl methyl sites for hydroxylation is 2. The summed E-state index contributed by atoms with van der Waals surface area (Å²) in [6.07, 6.45) is 5.51. The first-order chi connectivity index (χ1) is 37.2. The van der Waals surface area contributed by atoms with E-state index < -0.39 is 23.6 Å². The summed E-state index contributed by atoms with van der Waals surface area (Å²) in [7, 11) is 0. The van der Waals surface area contributed by atoms with E-state index >= 15 is 0 Å². The summed E-state index contributed by atoms with van der Waals surface area (Å²) in [5.74, 6) is -0.213. The maximum atomic E-state index is 14.0. The number of nitrogens with zero attached hydrogens (tertiary/aromatic N) is 7. The first kappa shape index (κ1) is 56.2. The van der Waals surface area contributed by atoms with Crippen molar-refractivity contribution in [3.05, 3.63) is 137 Å². The van der Waals surface area contributed by atoms with Crippen LogP contribution < -0.4 is 21.3 Å². The number of ether oxygens (including phenoxy) is 2. The fourth-order valence-electron chi connectivity index (χ4n) is 9.38. The number of nitrogens with one attached hydrogen (secondary N) is 4. The van der Waals surface area contributed by atoms with Gasteiger partial charge in [0.15, 0.2) is 0 Å². The van der Waals surface area contributed by atoms with Crippen LogP contribution in [0.2, 0.25) is 0 Å². The summed E-state index contributed by atoms with van der Waals surface area (Å²) in [6.45, 7) is 15.8. The molecule has 3 atom stereocenters. The van der Waals surface area contributed by atoms with E-state index in [0.717, 1.165) is 62.9 Å². The number of rotatable bonds is 23. The van der Waals surface area contributed by atoms with Crippen LogP contribution >= 0.6 is 11.3 Å². The van der Waals surface area contributed by atoms with Gasteiger partial charge >= 0.3 is 0 Å². The van der Waals surface area contributed by atoms with Crippen LogP contribution in [0.5, 0.6) is 0 Å². The molecule has 5 N–H and O–H groups in total. The molecule has 2 aliphatic rings. The predicted octanol–water partition coefficient (Wildman–Crippen LogP) is 7.01. The van der Waals surface area contributed by atoms with Crippen molar-refractivity contribution in [2.75, 3.05) is 76.3 Å². The number of aliphatic hydroxyl groups excluding tert-OH is 1. The van der Waals surface area contributed by atoms with Gasteiger partial charge in [-0.25, -0.2) is 15.0 Å². The van der Waals surface area contributed by atoms with Crippen LogP contribution in [0, 0.1) is 19.3 Å². The number of carbonyl (C=O) groups excluding carboxylic acids is 4. The van der Waals surface area contributed by atoms with E-state index in [2.05, 4.69) is 46.1 Å². The van der Waals surface area contributed by atoms with Gasteiger partial charge in [0.1, 0.15) is 6.04 Å². The van der Waals surface area contributed by atoms with Crippen LogP contribution in [-0.2, 0) is 36.9 Å².